The van der Waals surface area contributed by atoms with E-state index in [0.29, 0.717) is 30.4 Å². The van der Waals surface area contributed by atoms with Gasteiger partial charge in [-0.1, -0.05) is 59.8 Å². The molecule has 3 aromatic carbocycles. The minimum atomic E-state index is 0.0253. The highest BCUT2D eigenvalue weighted by atomic mass is 16.5. The highest BCUT2D eigenvalue weighted by molar-refractivity contribution is 5.95. The van der Waals surface area contributed by atoms with Crippen molar-refractivity contribution in [2.24, 2.45) is 0 Å². The highest BCUT2D eigenvalue weighted by Gasteiger charge is 2.23. The lowest BCUT2D eigenvalue weighted by Crippen LogP contribution is -2.48. The van der Waals surface area contributed by atoms with Crippen molar-refractivity contribution in [3.8, 4) is 22.8 Å². The first kappa shape index (κ1) is 19.1. The third kappa shape index (κ3) is 4.05. The van der Waals surface area contributed by atoms with Crippen LogP contribution in [0.25, 0.3) is 22.8 Å². The molecule has 6 nitrogen and oxygen atoms in total. The molecule has 6 heteroatoms. The summed E-state index contributed by atoms with van der Waals surface area (Å²) >= 11 is 0. The second-order valence-corrected chi connectivity index (χ2v) is 7.48. The molecule has 2 heterocycles. The van der Waals surface area contributed by atoms with Gasteiger partial charge in [-0.05, 0) is 30.3 Å². The van der Waals surface area contributed by atoms with Gasteiger partial charge in [-0.15, -0.1) is 0 Å². The molecule has 1 aliphatic rings. The van der Waals surface area contributed by atoms with E-state index in [1.807, 2.05) is 77.7 Å². The molecule has 0 aliphatic carbocycles. The molecule has 1 fully saturated rings. The Morgan fingerprint density at radius 1 is 0.774 bits per heavy atom. The lowest BCUT2D eigenvalue weighted by molar-refractivity contribution is 0.0747. The summed E-state index contributed by atoms with van der Waals surface area (Å²) in [6, 6.07) is 27.4. The zero-order chi connectivity index (χ0) is 21.0. The number of amides is 1. The van der Waals surface area contributed by atoms with Crippen LogP contribution in [0.1, 0.15) is 10.4 Å². The predicted molar refractivity (Wildman–Crippen MR) is 120 cm³/mol. The molecule has 0 N–H and O–H groups in total. The lowest BCUT2D eigenvalue weighted by Gasteiger charge is -2.36. The van der Waals surface area contributed by atoms with Crippen LogP contribution in [0.2, 0.25) is 0 Å². The fourth-order valence-corrected chi connectivity index (χ4v) is 3.82. The summed E-state index contributed by atoms with van der Waals surface area (Å²) in [7, 11) is 0. The van der Waals surface area contributed by atoms with Crippen molar-refractivity contribution in [3.05, 3.63) is 90.5 Å². The van der Waals surface area contributed by atoms with Crippen molar-refractivity contribution in [2.45, 2.75) is 0 Å². The molecular weight excluding hydrogens is 388 g/mol. The van der Waals surface area contributed by atoms with Crippen LogP contribution in [0, 0.1) is 0 Å². The standard InChI is InChI=1S/C25H22N4O2/c30-25(29-16-14-28(15-17-29)22-12-5-2-6-13-22)21-11-7-10-20(18-21)24-26-23(27-31-24)19-8-3-1-4-9-19/h1-13,18H,14-17H2. The molecule has 5 rings (SSSR count). The van der Waals surface area contributed by atoms with Gasteiger partial charge >= 0.3 is 0 Å². The summed E-state index contributed by atoms with van der Waals surface area (Å²) < 4.78 is 5.46. The van der Waals surface area contributed by atoms with E-state index in [0.717, 1.165) is 24.2 Å². The van der Waals surface area contributed by atoms with Crippen molar-refractivity contribution in [1.82, 2.24) is 15.0 Å². The van der Waals surface area contributed by atoms with Gasteiger partial charge in [0, 0.05) is 48.6 Å². The molecule has 0 spiro atoms. The maximum Gasteiger partial charge on any atom is 0.258 e. The van der Waals surface area contributed by atoms with Gasteiger partial charge in [0.05, 0.1) is 0 Å². The number of para-hydroxylation sites is 1. The zero-order valence-corrected chi connectivity index (χ0v) is 17.0. The number of rotatable bonds is 4. The van der Waals surface area contributed by atoms with Crippen LogP contribution in [0.15, 0.2) is 89.5 Å². The Morgan fingerprint density at radius 2 is 1.45 bits per heavy atom. The molecule has 0 saturated carbocycles. The van der Waals surface area contributed by atoms with Crippen molar-refractivity contribution in [1.29, 1.82) is 0 Å². The Hall–Kier alpha value is -3.93. The number of nitrogens with zero attached hydrogens (tertiary/aromatic N) is 4. The van der Waals surface area contributed by atoms with Crippen molar-refractivity contribution in [2.75, 3.05) is 31.1 Å². The van der Waals surface area contributed by atoms with E-state index in [2.05, 4.69) is 27.2 Å². The summed E-state index contributed by atoms with van der Waals surface area (Å²) in [5, 5.41) is 4.08. The monoisotopic (exact) mass is 410 g/mol. The molecule has 0 atom stereocenters. The zero-order valence-electron chi connectivity index (χ0n) is 17.0. The number of anilines is 1. The van der Waals surface area contributed by atoms with E-state index in [1.165, 1.54) is 5.69 Å². The Kier molecular flexibility index (Phi) is 5.19. The Balaban J connectivity index is 1.29. The predicted octanol–water partition coefficient (Wildman–Crippen LogP) is 4.37. The quantitative estimate of drug-likeness (QED) is 0.500. The Bertz CT molecular complexity index is 1170. The van der Waals surface area contributed by atoms with E-state index < -0.39 is 0 Å². The average molecular weight is 410 g/mol. The van der Waals surface area contributed by atoms with Gasteiger partial charge in [-0.2, -0.15) is 4.98 Å². The van der Waals surface area contributed by atoms with Crippen LogP contribution in [0.4, 0.5) is 5.69 Å². The number of carbonyl (C=O) groups excluding carboxylic acids is 1. The van der Waals surface area contributed by atoms with Gasteiger partial charge in [0.15, 0.2) is 0 Å². The van der Waals surface area contributed by atoms with E-state index >= 15 is 0 Å². The molecule has 4 aromatic rings. The van der Waals surface area contributed by atoms with Crippen LogP contribution in [0.3, 0.4) is 0 Å². The van der Waals surface area contributed by atoms with Crippen LogP contribution >= 0.6 is 0 Å². The van der Waals surface area contributed by atoms with Crippen LogP contribution in [-0.4, -0.2) is 47.1 Å². The normalized spacial score (nSPS) is 13.9. The number of hydrogen-bond donors (Lipinski definition) is 0. The first-order valence-electron chi connectivity index (χ1n) is 10.4. The molecule has 31 heavy (non-hydrogen) atoms. The maximum atomic E-state index is 13.1. The van der Waals surface area contributed by atoms with Crippen LogP contribution in [-0.2, 0) is 0 Å². The van der Waals surface area contributed by atoms with E-state index in [4.69, 9.17) is 4.52 Å². The SMILES string of the molecule is O=C(c1cccc(-c2nc(-c3ccccc3)no2)c1)N1CCN(c2ccccc2)CC1. The molecule has 154 valence electrons. The van der Waals surface area contributed by atoms with Gasteiger partial charge in [0.25, 0.3) is 11.8 Å². The fourth-order valence-electron chi connectivity index (χ4n) is 3.82. The van der Waals surface area contributed by atoms with Crippen LogP contribution in [0.5, 0.6) is 0 Å². The van der Waals surface area contributed by atoms with Crippen molar-refractivity contribution in [3.63, 3.8) is 0 Å². The molecule has 1 saturated heterocycles. The number of hydrogen-bond acceptors (Lipinski definition) is 5. The van der Waals surface area contributed by atoms with Crippen molar-refractivity contribution < 1.29 is 9.32 Å². The van der Waals surface area contributed by atoms with Gasteiger partial charge < -0.3 is 14.3 Å². The molecule has 1 amide bonds. The molecule has 0 radical (unpaired) electrons. The number of aromatic nitrogens is 2. The Morgan fingerprint density at radius 3 is 2.19 bits per heavy atom. The number of piperazine rings is 1. The average Bonchev–Trinajstić information content (AvgIpc) is 3.35. The van der Waals surface area contributed by atoms with E-state index in [1.54, 1.807) is 0 Å². The summed E-state index contributed by atoms with van der Waals surface area (Å²) in [6.45, 7) is 3.02. The summed E-state index contributed by atoms with van der Waals surface area (Å²) in [4.78, 5) is 21.8. The third-order valence-corrected chi connectivity index (χ3v) is 5.50. The van der Waals surface area contributed by atoms with Gasteiger partial charge in [-0.3, -0.25) is 4.79 Å². The van der Waals surface area contributed by atoms with E-state index in [9.17, 15) is 4.79 Å². The molecule has 1 aromatic heterocycles. The molecule has 1 aliphatic heterocycles. The first-order valence-corrected chi connectivity index (χ1v) is 10.4. The minimum Gasteiger partial charge on any atom is -0.368 e. The topological polar surface area (TPSA) is 62.5 Å². The smallest absolute Gasteiger partial charge is 0.258 e. The summed E-state index contributed by atoms with van der Waals surface area (Å²) in [5.41, 5.74) is 3.46. The third-order valence-electron chi connectivity index (χ3n) is 5.50. The minimum absolute atomic E-state index is 0.0253. The number of benzene rings is 3. The second kappa shape index (κ2) is 8.44. The highest BCUT2D eigenvalue weighted by Crippen LogP contribution is 2.24. The maximum absolute atomic E-state index is 13.1. The van der Waals surface area contributed by atoms with Crippen LogP contribution < -0.4 is 4.90 Å². The van der Waals surface area contributed by atoms with Gasteiger partial charge in [-0.25, -0.2) is 0 Å². The summed E-state index contributed by atoms with van der Waals surface area (Å²) in [6.07, 6.45) is 0. The molecular formula is C25H22N4O2. The van der Waals surface area contributed by atoms with E-state index in [-0.39, 0.29) is 5.91 Å². The van der Waals surface area contributed by atoms with Gasteiger partial charge in [0.2, 0.25) is 5.82 Å². The largest absolute Gasteiger partial charge is 0.368 e. The van der Waals surface area contributed by atoms with Crippen molar-refractivity contribution >= 4 is 11.6 Å². The van der Waals surface area contributed by atoms with Gasteiger partial charge in [0.1, 0.15) is 0 Å². The first-order chi connectivity index (χ1) is 15.3. The fraction of sp³-hybridized carbons (Fsp3) is 0.160. The molecule has 0 unspecified atom stereocenters. The molecule has 0 bridgehead atoms. The summed E-state index contributed by atoms with van der Waals surface area (Å²) in [5.74, 6) is 0.962. The second-order valence-electron chi connectivity index (χ2n) is 7.48. The lowest BCUT2D eigenvalue weighted by atomic mass is 10.1. The Labute approximate surface area is 180 Å². The number of carbonyl (C=O) groups is 1.